The first-order valence-corrected chi connectivity index (χ1v) is 8.10. The van der Waals surface area contributed by atoms with Gasteiger partial charge in [-0.15, -0.1) is 0 Å². The number of nitrogens with one attached hydrogen (secondary N) is 2. The Bertz CT molecular complexity index is 543. The molecule has 1 aromatic rings. The summed E-state index contributed by atoms with van der Waals surface area (Å²) in [4.78, 5) is 35.5. The van der Waals surface area contributed by atoms with Gasteiger partial charge < -0.3 is 15.4 Å². The maximum absolute atomic E-state index is 11.9. The minimum Gasteiger partial charge on any atom is -0.467 e. The Morgan fingerprint density at radius 2 is 1.75 bits per heavy atom. The van der Waals surface area contributed by atoms with E-state index in [2.05, 4.69) is 10.6 Å². The monoisotopic (exact) mass is 334 g/mol. The zero-order valence-electron chi connectivity index (χ0n) is 14.5. The van der Waals surface area contributed by atoms with E-state index < -0.39 is 12.0 Å². The van der Waals surface area contributed by atoms with Crippen molar-refractivity contribution < 1.29 is 19.1 Å². The summed E-state index contributed by atoms with van der Waals surface area (Å²) in [5, 5.41) is 5.43. The third-order valence-electron chi connectivity index (χ3n) is 3.41. The van der Waals surface area contributed by atoms with Gasteiger partial charge in [0.05, 0.1) is 7.11 Å². The Kier molecular flexibility index (Phi) is 8.54. The lowest BCUT2D eigenvalue weighted by molar-refractivity contribution is -0.145. The van der Waals surface area contributed by atoms with Gasteiger partial charge in [-0.05, 0) is 17.9 Å². The molecule has 0 spiro atoms. The van der Waals surface area contributed by atoms with Gasteiger partial charge >= 0.3 is 5.97 Å². The normalized spacial score (nSPS) is 11.7. The maximum atomic E-state index is 11.9. The van der Waals surface area contributed by atoms with E-state index >= 15 is 0 Å². The summed E-state index contributed by atoms with van der Waals surface area (Å²) in [6.45, 7) is 4.27. The van der Waals surface area contributed by atoms with Crippen molar-refractivity contribution in [2.75, 3.05) is 7.11 Å². The summed E-state index contributed by atoms with van der Waals surface area (Å²) in [7, 11) is 1.26. The predicted octanol–water partition coefficient (Wildman–Crippen LogP) is 1.79. The van der Waals surface area contributed by atoms with E-state index in [9.17, 15) is 14.4 Å². The zero-order chi connectivity index (χ0) is 17.9. The third kappa shape index (κ3) is 7.76. The average molecular weight is 334 g/mol. The Hall–Kier alpha value is -2.37. The van der Waals surface area contributed by atoms with Crippen molar-refractivity contribution in [2.45, 2.75) is 45.7 Å². The highest BCUT2D eigenvalue weighted by atomic mass is 16.5. The standard InChI is InChI=1S/C18H26N2O4/c1-13(2)11-17(22)20-15(18(23)24-3)9-10-16(21)19-12-14-7-5-4-6-8-14/h4-8,13,15H,9-12H2,1-3H3,(H,19,21)(H,20,22). The SMILES string of the molecule is COC(=O)C(CCC(=O)NCc1ccccc1)NC(=O)CC(C)C. The van der Waals surface area contributed by atoms with Crippen LogP contribution in [0, 0.1) is 5.92 Å². The smallest absolute Gasteiger partial charge is 0.328 e. The molecule has 2 N–H and O–H groups in total. The number of methoxy groups -OCH3 is 1. The molecule has 1 unspecified atom stereocenters. The quantitative estimate of drug-likeness (QED) is 0.674. The fraction of sp³-hybridized carbons (Fsp3) is 0.500. The van der Waals surface area contributed by atoms with E-state index in [1.165, 1.54) is 7.11 Å². The first-order chi connectivity index (χ1) is 11.4. The van der Waals surface area contributed by atoms with Gasteiger partial charge in [0.25, 0.3) is 0 Å². The van der Waals surface area contributed by atoms with Crippen LogP contribution in [0.15, 0.2) is 30.3 Å². The molecule has 1 rings (SSSR count). The molecule has 0 bridgehead atoms. The third-order valence-corrected chi connectivity index (χ3v) is 3.41. The molecule has 0 saturated heterocycles. The minimum absolute atomic E-state index is 0.133. The molecule has 0 heterocycles. The zero-order valence-corrected chi connectivity index (χ0v) is 14.5. The highest BCUT2D eigenvalue weighted by Gasteiger charge is 2.22. The van der Waals surface area contributed by atoms with E-state index in [0.717, 1.165) is 5.56 Å². The number of benzene rings is 1. The molecular formula is C18H26N2O4. The molecule has 132 valence electrons. The summed E-state index contributed by atoms with van der Waals surface area (Å²) in [6, 6.07) is 8.75. The van der Waals surface area contributed by atoms with Gasteiger partial charge in [0.15, 0.2) is 0 Å². The molecule has 0 aliphatic heterocycles. The fourth-order valence-corrected chi connectivity index (χ4v) is 2.18. The molecule has 0 radical (unpaired) electrons. The average Bonchev–Trinajstić information content (AvgIpc) is 2.56. The number of carbonyl (C=O) groups is 3. The summed E-state index contributed by atoms with van der Waals surface area (Å²) in [6.07, 6.45) is 0.666. The molecule has 24 heavy (non-hydrogen) atoms. The second-order valence-electron chi connectivity index (χ2n) is 6.04. The van der Waals surface area contributed by atoms with Gasteiger partial charge in [-0.3, -0.25) is 9.59 Å². The largest absolute Gasteiger partial charge is 0.467 e. The van der Waals surface area contributed by atoms with Crippen LogP contribution in [-0.2, 0) is 25.7 Å². The lowest BCUT2D eigenvalue weighted by Gasteiger charge is -2.17. The van der Waals surface area contributed by atoms with Gasteiger partial charge in [0.1, 0.15) is 6.04 Å². The lowest BCUT2D eigenvalue weighted by atomic mass is 10.1. The molecule has 6 heteroatoms. The predicted molar refractivity (Wildman–Crippen MR) is 90.9 cm³/mol. The van der Waals surface area contributed by atoms with Crippen molar-refractivity contribution in [3.05, 3.63) is 35.9 Å². The van der Waals surface area contributed by atoms with Gasteiger partial charge in [0.2, 0.25) is 11.8 Å². The van der Waals surface area contributed by atoms with Crippen LogP contribution < -0.4 is 10.6 Å². The van der Waals surface area contributed by atoms with Crippen LogP contribution >= 0.6 is 0 Å². The number of carbonyl (C=O) groups excluding carboxylic acids is 3. The van der Waals surface area contributed by atoms with E-state index in [4.69, 9.17) is 4.74 Å². The number of rotatable bonds is 9. The molecule has 1 aromatic carbocycles. The van der Waals surface area contributed by atoms with Crippen LogP contribution in [0.4, 0.5) is 0 Å². The Balaban J connectivity index is 2.44. The Labute approximate surface area is 143 Å². The first-order valence-electron chi connectivity index (χ1n) is 8.10. The number of amides is 2. The number of hydrogen-bond donors (Lipinski definition) is 2. The van der Waals surface area contributed by atoms with Gasteiger partial charge in [0, 0.05) is 19.4 Å². The summed E-state index contributed by atoms with van der Waals surface area (Å²) in [5.74, 6) is -0.739. The van der Waals surface area contributed by atoms with Crippen molar-refractivity contribution in [1.29, 1.82) is 0 Å². The first kappa shape index (κ1) is 19.7. The second kappa shape index (κ2) is 10.4. The Morgan fingerprint density at radius 1 is 1.08 bits per heavy atom. The van der Waals surface area contributed by atoms with Crippen molar-refractivity contribution in [3.63, 3.8) is 0 Å². The minimum atomic E-state index is -0.802. The van der Waals surface area contributed by atoms with Crippen LogP contribution in [0.2, 0.25) is 0 Å². The summed E-state index contributed by atoms with van der Waals surface area (Å²) >= 11 is 0. The lowest BCUT2D eigenvalue weighted by Crippen LogP contribution is -2.42. The fourth-order valence-electron chi connectivity index (χ4n) is 2.18. The van der Waals surface area contributed by atoms with E-state index in [1.807, 2.05) is 44.2 Å². The number of ether oxygens (including phenoxy) is 1. The van der Waals surface area contributed by atoms with Crippen molar-refractivity contribution in [3.8, 4) is 0 Å². The molecule has 0 aromatic heterocycles. The second-order valence-corrected chi connectivity index (χ2v) is 6.04. The van der Waals surface area contributed by atoms with Gasteiger partial charge in [-0.25, -0.2) is 4.79 Å². The van der Waals surface area contributed by atoms with E-state index in [1.54, 1.807) is 0 Å². The van der Waals surface area contributed by atoms with Crippen molar-refractivity contribution in [2.24, 2.45) is 5.92 Å². The Morgan fingerprint density at radius 3 is 2.33 bits per heavy atom. The summed E-state index contributed by atoms with van der Waals surface area (Å²) in [5.41, 5.74) is 1.00. The number of esters is 1. The molecule has 0 saturated carbocycles. The van der Waals surface area contributed by atoms with Crippen LogP contribution in [-0.4, -0.2) is 30.9 Å². The molecular weight excluding hydrogens is 308 g/mol. The highest BCUT2D eigenvalue weighted by molar-refractivity contribution is 5.85. The van der Waals surface area contributed by atoms with Crippen LogP contribution in [0.25, 0.3) is 0 Å². The van der Waals surface area contributed by atoms with Gasteiger partial charge in [-0.2, -0.15) is 0 Å². The van der Waals surface area contributed by atoms with Crippen LogP contribution in [0.1, 0.15) is 38.7 Å². The topological polar surface area (TPSA) is 84.5 Å². The van der Waals surface area contributed by atoms with Crippen molar-refractivity contribution >= 4 is 17.8 Å². The van der Waals surface area contributed by atoms with Crippen LogP contribution in [0.5, 0.6) is 0 Å². The molecule has 6 nitrogen and oxygen atoms in total. The highest BCUT2D eigenvalue weighted by Crippen LogP contribution is 2.05. The molecule has 2 amide bonds. The summed E-state index contributed by atoms with van der Waals surface area (Å²) < 4.78 is 4.69. The van der Waals surface area contributed by atoms with Crippen LogP contribution in [0.3, 0.4) is 0 Å². The molecule has 0 aliphatic rings. The van der Waals surface area contributed by atoms with Gasteiger partial charge in [-0.1, -0.05) is 44.2 Å². The van der Waals surface area contributed by atoms with E-state index in [-0.39, 0.29) is 30.6 Å². The molecule has 0 aliphatic carbocycles. The maximum Gasteiger partial charge on any atom is 0.328 e. The number of hydrogen-bond acceptors (Lipinski definition) is 4. The molecule has 1 atom stereocenters. The molecule has 0 fully saturated rings. The van der Waals surface area contributed by atoms with Crippen molar-refractivity contribution in [1.82, 2.24) is 10.6 Å². The van der Waals surface area contributed by atoms with E-state index in [0.29, 0.717) is 13.0 Å².